The molecule has 13 heavy (non-hydrogen) atoms. The van der Waals surface area contributed by atoms with E-state index in [-0.39, 0.29) is 18.0 Å². The van der Waals surface area contributed by atoms with Gasteiger partial charge in [0, 0.05) is 0 Å². The number of carbonyl (C=O) groups is 1. The van der Waals surface area contributed by atoms with Gasteiger partial charge < -0.3 is 14.2 Å². The Morgan fingerprint density at radius 1 is 1.54 bits per heavy atom. The number of hydrogen-bond acceptors (Lipinski definition) is 4. The van der Waals surface area contributed by atoms with Crippen LogP contribution in [0.5, 0.6) is 0 Å². The van der Waals surface area contributed by atoms with E-state index in [9.17, 15) is 4.79 Å². The maximum absolute atomic E-state index is 11.4. The highest BCUT2D eigenvalue weighted by atomic mass is 16.7. The summed E-state index contributed by atoms with van der Waals surface area (Å²) in [7, 11) is 1.40. The molecular formula is C9H14O4. The molecule has 0 amide bonds. The molecule has 2 bridgehead atoms. The highest BCUT2D eigenvalue weighted by Crippen LogP contribution is 2.40. The van der Waals surface area contributed by atoms with Gasteiger partial charge in [0.05, 0.1) is 19.8 Å². The normalized spacial score (nSPS) is 43.2. The number of esters is 1. The Morgan fingerprint density at radius 3 is 3.00 bits per heavy atom. The number of ether oxygens (including phenoxy) is 3. The van der Waals surface area contributed by atoms with Crippen LogP contribution >= 0.6 is 0 Å². The first-order valence-electron chi connectivity index (χ1n) is 4.55. The van der Waals surface area contributed by atoms with E-state index >= 15 is 0 Å². The summed E-state index contributed by atoms with van der Waals surface area (Å²) in [5, 5.41) is 0. The topological polar surface area (TPSA) is 44.8 Å². The van der Waals surface area contributed by atoms with Crippen molar-refractivity contribution in [1.82, 2.24) is 0 Å². The molecule has 0 aromatic carbocycles. The lowest BCUT2D eigenvalue weighted by Crippen LogP contribution is -2.44. The van der Waals surface area contributed by atoms with Crippen LogP contribution in [0.25, 0.3) is 0 Å². The van der Waals surface area contributed by atoms with E-state index in [2.05, 4.69) is 0 Å². The van der Waals surface area contributed by atoms with E-state index in [1.54, 1.807) is 0 Å². The maximum Gasteiger partial charge on any atom is 0.314 e. The molecule has 2 fully saturated rings. The van der Waals surface area contributed by atoms with E-state index in [0.29, 0.717) is 6.61 Å². The van der Waals surface area contributed by atoms with Crippen LogP contribution in [0.15, 0.2) is 0 Å². The lowest BCUT2D eigenvalue weighted by Gasteiger charge is -2.34. The summed E-state index contributed by atoms with van der Waals surface area (Å²) in [5.74, 6) is -1.24. The summed E-state index contributed by atoms with van der Waals surface area (Å²) >= 11 is 0. The third kappa shape index (κ3) is 1.34. The SMILES string of the molecule is COC(=O)[C@H]1CCC2COC1(C)O2. The lowest BCUT2D eigenvalue weighted by atomic mass is 9.91. The van der Waals surface area contributed by atoms with Crippen molar-refractivity contribution in [3.05, 3.63) is 0 Å². The number of fused-ring (bicyclic) bond motifs is 2. The first-order chi connectivity index (χ1) is 6.15. The Kier molecular flexibility index (Phi) is 2.04. The fourth-order valence-corrected chi connectivity index (χ4v) is 2.07. The molecule has 0 spiro atoms. The Hall–Kier alpha value is -0.610. The zero-order valence-corrected chi connectivity index (χ0v) is 7.91. The average molecular weight is 186 g/mol. The average Bonchev–Trinajstić information content (AvgIpc) is 2.42. The van der Waals surface area contributed by atoms with Gasteiger partial charge in [-0.15, -0.1) is 0 Å². The van der Waals surface area contributed by atoms with Crippen LogP contribution in [0.1, 0.15) is 19.8 Å². The number of hydrogen-bond donors (Lipinski definition) is 0. The molecule has 2 aliphatic rings. The third-order valence-electron chi connectivity index (χ3n) is 2.85. The fourth-order valence-electron chi connectivity index (χ4n) is 2.07. The zero-order valence-electron chi connectivity index (χ0n) is 7.91. The van der Waals surface area contributed by atoms with Crippen molar-refractivity contribution >= 4 is 5.97 Å². The molecule has 4 nitrogen and oxygen atoms in total. The summed E-state index contributed by atoms with van der Waals surface area (Å²) in [6.07, 6.45) is 1.86. The molecular weight excluding hydrogens is 172 g/mol. The highest BCUT2D eigenvalue weighted by Gasteiger charge is 2.51. The first-order valence-corrected chi connectivity index (χ1v) is 4.55. The summed E-state index contributed by atoms with van der Waals surface area (Å²) in [5.41, 5.74) is 0. The van der Waals surface area contributed by atoms with E-state index in [0.717, 1.165) is 12.8 Å². The molecule has 0 radical (unpaired) electrons. The minimum absolute atomic E-state index is 0.172. The Labute approximate surface area is 77.1 Å². The van der Waals surface area contributed by atoms with Gasteiger partial charge in [-0.1, -0.05) is 0 Å². The molecule has 2 aliphatic heterocycles. The van der Waals surface area contributed by atoms with Gasteiger partial charge in [0.1, 0.15) is 5.92 Å². The second kappa shape index (κ2) is 2.96. The van der Waals surface area contributed by atoms with Gasteiger partial charge in [-0.2, -0.15) is 0 Å². The molecule has 0 saturated carbocycles. The highest BCUT2D eigenvalue weighted by molar-refractivity contribution is 5.73. The van der Waals surface area contributed by atoms with E-state index in [1.807, 2.05) is 6.92 Å². The molecule has 0 aromatic heterocycles. The summed E-state index contributed by atoms with van der Waals surface area (Å²) in [6.45, 7) is 2.41. The van der Waals surface area contributed by atoms with Crippen LogP contribution in [0.2, 0.25) is 0 Å². The second-order valence-electron chi connectivity index (χ2n) is 3.72. The number of carbonyl (C=O) groups excluding carboxylic acids is 1. The van der Waals surface area contributed by atoms with Crippen molar-refractivity contribution in [2.75, 3.05) is 13.7 Å². The molecule has 0 aliphatic carbocycles. The molecule has 0 aromatic rings. The van der Waals surface area contributed by atoms with Crippen LogP contribution in [-0.4, -0.2) is 31.6 Å². The quantitative estimate of drug-likeness (QED) is 0.565. The van der Waals surface area contributed by atoms with Crippen molar-refractivity contribution in [1.29, 1.82) is 0 Å². The Morgan fingerprint density at radius 2 is 2.31 bits per heavy atom. The lowest BCUT2D eigenvalue weighted by molar-refractivity contribution is -0.219. The van der Waals surface area contributed by atoms with Crippen molar-refractivity contribution < 1.29 is 19.0 Å². The van der Waals surface area contributed by atoms with Crippen molar-refractivity contribution in [3.63, 3.8) is 0 Å². The number of rotatable bonds is 1. The van der Waals surface area contributed by atoms with Gasteiger partial charge in [0.15, 0.2) is 5.79 Å². The van der Waals surface area contributed by atoms with Gasteiger partial charge in [0.2, 0.25) is 0 Å². The van der Waals surface area contributed by atoms with E-state index in [4.69, 9.17) is 14.2 Å². The van der Waals surface area contributed by atoms with Gasteiger partial charge in [-0.3, -0.25) is 4.79 Å². The molecule has 0 N–H and O–H groups in total. The molecule has 4 heteroatoms. The van der Waals surface area contributed by atoms with Crippen LogP contribution < -0.4 is 0 Å². The minimum Gasteiger partial charge on any atom is -0.469 e. The second-order valence-corrected chi connectivity index (χ2v) is 3.72. The van der Waals surface area contributed by atoms with E-state index in [1.165, 1.54) is 7.11 Å². The van der Waals surface area contributed by atoms with Crippen molar-refractivity contribution in [3.8, 4) is 0 Å². The fraction of sp³-hybridized carbons (Fsp3) is 0.889. The third-order valence-corrected chi connectivity index (χ3v) is 2.85. The maximum atomic E-state index is 11.4. The Balaban J connectivity index is 2.15. The standard InChI is InChI=1S/C9H14O4/c1-9-7(8(10)11-2)4-3-6(13-9)5-12-9/h6-7H,3-5H2,1-2H3/t6?,7-,9?/m1/s1. The Bertz CT molecular complexity index is 228. The predicted molar refractivity (Wildman–Crippen MR) is 44.0 cm³/mol. The molecule has 2 heterocycles. The number of methoxy groups -OCH3 is 1. The monoisotopic (exact) mass is 186 g/mol. The van der Waals surface area contributed by atoms with Gasteiger partial charge in [-0.25, -0.2) is 0 Å². The zero-order chi connectivity index (χ0) is 9.47. The van der Waals surface area contributed by atoms with Gasteiger partial charge >= 0.3 is 5.97 Å². The first kappa shape index (κ1) is 8.97. The largest absolute Gasteiger partial charge is 0.469 e. The molecule has 2 unspecified atom stereocenters. The van der Waals surface area contributed by atoms with Gasteiger partial charge in [-0.05, 0) is 19.8 Å². The molecule has 2 rings (SSSR count). The van der Waals surface area contributed by atoms with E-state index < -0.39 is 5.79 Å². The molecule has 2 saturated heterocycles. The smallest absolute Gasteiger partial charge is 0.314 e. The summed E-state index contributed by atoms with van der Waals surface area (Å²) < 4.78 is 15.8. The van der Waals surface area contributed by atoms with Crippen LogP contribution in [0, 0.1) is 5.92 Å². The van der Waals surface area contributed by atoms with Crippen molar-refractivity contribution in [2.45, 2.75) is 31.7 Å². The summed E-state index contributed by atoms with van der Waals surface area (Å²) in [4.78, 5) is 11.4. The summed E-state index contributed by atoms with van der Waals surface area (Å²) in [6, 6.07) is 0. The van der Waals surface area contributed by atoms with Crippen molar-refractivity contribution in [2.24, 2.45) is 5.92 Å². The van der Waals surface area contributed by atoms with Crippen LogP contribution in [0.3, 0.4) is 0 Å². The van der Waals surface area contributed by atoms with Gasteiger partial charge in [0.25, 0.3) is 0 Å². The van der Waals surface area contributed by atoms with Crippen LogP contribution in [0.4, 0.5) is 0 Å². The predicted octanol–water partition coefficient (Wildman–Crippen LogP) is 0.701. The molecule has 3 atom stereocenters. The molecule has 74 valence electrons. The minimum atomic E-state index is -0.740. The van der Waals surface area contributed by atoms with Crippen LogP contribution in [-0.2, 0) is 19.0 Å².